The molecule has 0 radical (unpaired) electrons. The normalized spacial score (nSPS) is 13.7. The topological polar surface area (TPSA) is 95.9 Å². The summed E-state index contributed by atoms with van der Waals surface area (Å²) in [5.74, 6) is -0.537. The van der Waals surface area contributed by atoms with Crippen molar-refractivity contribution in [2.45, 2.75) is 257 Å². The molecule has 0 aliphatic heterocycles. The zero-order chi connectivity index (χ0) is 41.7. The van der Waals surface area contributed by atoms with Gasteiger partial charge in [0.1, 0.15) is 6.10 Å². The van der Waals surface area contributed by atoms with E-state index in [4.69, 9.17) is 4.74 Å². The third kappa shape index (κ3) is 40.4. The Morgan fingerprint density at radius 2 is 0.947 bits per heavy atom. The van der Waals surface area contributed by atoms with Crippen molar-refractivity contribution in [2.75, 3.05) is 6.61 Å². The van der Waals surface area contributed by atoms with E-state index in [0.29, 0.717) is 19.3 Å². The lowest BCUT2D eigenvalue weighted by Gasteiger charge is -2.24. The molecule has 332 valence electrons. The van der Waals surface area contributed by atoms with E-state index >= 15 is 0 Å². The van der Waals surface area contributed by atoms with Crippen LogP contribution in [0.25, 0.3) is 0 Å². The van der Waals surface area contributed by atoms with Crippen LogP contribution in [0.1, 0.15) is 239 Å². The fraction of sp³-hybridized carbons (Fsp3) is 0.804. The molecule has 6 nitrogen and oxygen atoms in total. The van der Waals surface area contributed by atoms with Crippen molar-refractivity contribution in [2.24, 2.45) is 0 Å². The van der Waals surface area contributed by atoms with Gasteiger partial charge in [0.05, 0.1) is 25.2 Å². The number of amides is 1. The molecular formula is C51H93NO5. The SMILES string of the molecule is CC/C=C/C=C/C=C\C=C/CCCC(CC(=O)NC(CO)C(O)CCCCCCCCCCCCC)OC(=O)CCCCCCCCCCCCCCCCCC. The van der Waals surface area contributed by atoms with Gasteiger partial charge in [0.25, 0.3) is 0 Å². The highest BCUT2D eigenvalue weighted by Crippen LogP contribution is 2.17. The van der Waals surface area contributed by atoms with Crippen molar-refractivity contribution in [3.63, 3.8) is 0 Å². The van der Waals surface area contributed by atoms with Gasteiger partial charge in [-0.15, -0.1) is 0 Å². The van der Waals surface area contributed by atoms with Crippen molar-refractivity contribution >= 4 is 11.9 Å². The Morgan fingerprint density at radius 1 is 0.526 bits per heavy atom. The predicted octanol–water partition coefficient (Wildman–Crippen LogP) is 14.3. The number of hydrogen-bond donors (Lipinski definition) is 3. The standard InChI is InChI=1S/C51H93NO5/c1-4-7-10-13-16-19-22-23-24-25-26-29-32-35-38-41-44-51(56)57-47(42-39-36-33-30-27-20-17-14-11-8-5-2)45-50(55)52-48(46-53)49(54)43-40-37-34-31-28-21-18-15-12-9-6-3/h8,11,14,17,20,27,30,33,47-49,53-54H,4-7,9-10,12-13,15-16,18-19,21-26,28-29,31-32,34-46H2,1-3H3,(H,52,55)/b11-8+,17-14+,27-20-,33-30-. The number of rotatable bonds is 43. The average molecular weight is 800 g/mol. The third-order valence-electron chi connectivity index (χ3n) is 11.0. The summed E-state index contributed by atoms with van der Waals surface area (Å²) in [6, 6.07) is -0.719. The Labute approximate surface area is 353 Å². The molecule has 0 saturated carbocycles. The van der Waals surface area contributed by atoms with Gasteiger partial charge in [-0.3, -0.25) is 9.59 Å². The maximum absolute atomic E-state index is 13.1. The first kappa shape index (κ1) is 54.8. The van der Waals surface area contributed by atoms with Gasteiger partial charge < -0.3 is 20.3 Å². The highest BCUT2D eigenvalue weighted by Gasteiger charge is 2.24. The molecule has 1 amide bonds. The Balaban J connectivity index is 4.59. The summed E-state index contributed by atoms with van der Waals surface area (Å²) in [7, 11) is 0. The molecule has 57 heavy (non-hydrogen) atoms. The van der Waals surface area contributed by atoms with Crippen LogP contribution in [0.15, 0.2) is 48.6 Å². The van der Waals surface area contributed by atoms with Gasteiger partial charge in [0.2, 0.25) is 5.91 Å². The van der Waals surface area contributed by atoms with E-state index in [1.807, 2.05) is 36.5 Å². The molecule has 0 saturated heterocycles. The van der Waals surface area contributed by atoms with Gasteiger partial charge >= 0.3 is 5.97 Å². The third-order valence-corrected chi connectivity index (χ3v) is 11.0. The van der Waals surface area contributed by atoms with Crippen molar-refractivity contribution in [1.82, 2.24) is 5.32 Å². The van der Waals surface area contributed by atoms with Gasteiger partial charge in [0, 0.05) is 6.42 Å². The summed E-state index contributed by atoms with van der Waals surface area (Å²) in [4.78, 5) is 26.0. The second-order valence-electron chi connectivity index (χ2n) is 16.6. The van der Waals surface area contributed by atoms with E-state index < -0.39 is 18.2 Å². The van der Waals surface area contributed by atoms with Gasteiger partial charge in [0.15, 0.2) is 0 Å². The highest BCUT2D eigenvalue weighted by molar-refractivity contribution is 5.77. The summed E-state index contributed by atoms with van der Waals surface area (Å²) >= 11 is 0. The van der Waals surface area contributed by atoms with E-state index in [9.17, 15) is 19.8 Å². The summed E-state index contributed by atoms with van der Waals surface area (Å²) in [6.45, 7) is 6.31. The number of hydrogen-bond acceptors (Lipinski definition) is 5. The van der Waals surface area contributed by atoms with Crippen molar-refractivity contribution in [3.8, 4) is 0 Å². The number of aliphatic hydroxyl groups is 2. The Kier molecular flexibility index (Phi) is 43.2. The van der Waals surface area contributed by atoms with E-state index in [1.165, 1.54) is 135 Å². The Bertz CT molecular complexity index is 988. The lowest BCUT2D eigenvalue weighted by molar-refractivity contribution is -0.151. The summed E-state index contributed by atoms with van der Waals surface area (Å²) in [6.07, 6.45) is 53.3. The minimum absolute atomic E-state index is 0.0338. The van der Waals surface area contributed by atoms with Crippen molar-refractivity contribution in [3.05, 3.63) is 48.6 Å². The molecule has 0 aromatic carbocycles. The maximum atomic E-state index is 13.1. The Morgan fingerprint density at radius 3 is 1.40 bits per heavy atom. The molecular weight excluding hydrogens is 707 g/mol. The molecule has 6 heteroatoms. The number of ether oxygens (including phenoxy) is 1. The van der Waals surface area contributed by atoms with E-state index in [1.54, 1.807) is 0 Å². The van der Waals surface area contributed by atoms with E-state index in [0.717, 1.165) is 57.8 Å². The van der Waals surface area contributed by atoms with Crippen LogP contribution in [0.5, 0.6) is 0 Å². The lowest BCUT2D eigenvalue weighted by Crippen LogP contribution is -2.46. The monoisotopic (exact) mass is 800 g/mol. The fourth-order valence-electron chi connectivity index (χ4n) is 7.33. The number of carbonyl (C=O) groups is 2. The fourth-order valence-corrected chi connectivity index (χ4v) is 7.33. The molecule has 0 aromatic rings. The molecule has 3 unspecified atom stereocenters. The van der Waals surface area contributed by atoms with Crippen LogP contribution < -0.4 is 5.32 Å². The van der Waals surface area contributed by atoms with Crippen molar-refractivity contribution in [1.29, 1.82) is 0 Å². The quantitative estimate of drug-likeness (QED) is 0.0324. The molecule has 0 fully saturated rings. The molecule has 0 spiro atoms. The molecule has 0 aliphatic carbocycles. The number of unbranched alkanes of at least 4 members (excludes halogenated alkanes) is 26. The zero-order valence-electron chi connectivity index (χ0n) is 37.7. The van der Waals surface area contributed by atoms with Crippen molar-refractivity contribution < 1.29 is 24.5 Å². The minimum atomic E-state index is -0.802. The summed E-state index contributed by atoms with van der Waals surface area (Å²) < 4.78 is 5.88. The van der Waals surface area contributed by atoms with Gasteiger partial charge in [-0.2, -0.15) is 0 Å². The second-order valence-corrected chi connectivity index (χ2v) is 16.6. The predicted molar refractivity (Wildman–Crippen MR) is 245 cm³/mol. The Hall–Kier alpha value is -2.18. The molecule has 0 rings (SSSR count). The van der Waals surface area contributed by atoms with Gasteiger partial charge in [-0.05, 0) is 38.5 Å². The summed E-state index contributed by atoms with van der Waals surface area (Å²) in [5, 5.41) is 23.6. The maximum Gasteiger partial charge on any atom is 0.306 e. The highest BCUT2D eigenvalue weighted by atomic mass is 16.5. The lowest BCUT2D eigenvalue weighted by atomic mass is 10.0. The average Bonchev–Trinajstić information content (AvgIpc) is 3.20. The molecule has 3 N–H and O–H groups in total. The van der Waals surface area contributed by atoms with Crippen LogP contribution in [-0.2, 0) is 14.3 Å². The number of esters is 1. The number of nitrogens with one attached hydrogen (secondary N) is 1. The first-order valence-corrected chi connectivity index (χ1v) is 24.4. The molecule has 0 aromatic heterocycles. The van der Waals surface area contributed by atoms with Crippen LogP contribution in [0.2, 0.25) is 0 Å². The second kappa shape index (κ2) is 44.9. The molecule has 0 heterocycles. The van der Waals surface area contributed by atoms with E-state index in [-0.39, 0.29) is 24.9 Å². The van der Waals surface area contributed by atoms with Crippen LogP contribution in [-0.4, -0.2) is 46.9 Å². The van der Waals surface area contributed by atoms with Crippen LogP contribution in [0, 0.1) is 0 Å². The largest absolute Gasteiger partial charge is 0.462 e. The summed E-state index contributed by atoms with van der Waals surface area (Å²) in [5.41, 5.74) is 0. The van der Waals surface area contributed by atoms with Crippen LogP contribution in [0.4, 0.5) is 0 Å². The van der Waals surface area contributed by atoms with Crippen LogP contribution >= 0.6 is 0 Å². The minimum Gasteiger partial charge on any atom is -0.462 e. The zero-order valence-corrected chi connectivity index (χ0v) is 37.7. The van der Waals surface area contributed by atoms with Gasteiger partial charge in [-0.1, -0.05) is 236 Å². The first-order chi connectivity index (χ1) is 28.0. The molecule has 3 atom stereocenters. The first-order valence-electron chi connectivity index (χ1n) is 24.4. The van der Waals surface area contributed by atoms with Crippen LogP contribution in [0.3, 0.4) is 0 Å². The molecule has 0 aliphatic rings. The number of carbonyl (C=O) groups excluding carboxylic acids is 2. The molecule has 0 bridgehead atoms. The van der Waals surface area contributed by atoms with Gasteiger partial charge in [-0.25, -0.2) is 0 Å². The number of aliphatic hydroxyl groups excluding tert-OH is 2. The smallest absolute Gasteiger partial charge is 0.306 e. The number of allylic oxidation sites excluding steroid dienone is 8. The van der Waals surface area contributed by atoms with E-state index in [2.05, 4.69) is 38.2 Å².